The molecule has 16 heavy (non-hydrogen) atoms. The molecule has 1 saturated carbocycles. The number of rotatable bonds is 4. The monoisotopic (exact) mass is 223 g/mol. The van der Waals surface area contributed by atoms with Gasteiger partial charge in [0.2, 0.25) is 0 Å². The van der Waals surface area contributed by atoms with E-state index in [4.69, 9.17) is 4.74 Å². The maximum Gasteiger partial charge on any atom is 0.165 e. The first-order chi connectivity index (χ1) is 7.69. The van der Waals surface area contributed by atoms with Crippen molar-refractivity contribution < 1.29 is 9.13 Å². The lowest BCUT2D eigenvalue weighted by molar-refractivity contribution is 0.240. The molecule has 1 aliphatic rings. The summed E-state index contributed by atoms with van der Waals surface area (Å²) in [5.41, 5.74) is 0.970. The molecule has 0 bridgehead atoms. The van der Waals surface area contributed by atoms with Gasteiger partial charge in [0.25, 0.3) is 0 Å². The minimum Gasteiger partial charge on any atom is -0.494 e. The molecule has 2 rings (SSSR count). The Balaban J connectivity index is 1.87. The molecule has 1 N–H and O–H groups in total. The molecule has 0 aromatic heterocycles. The van der Waals surface area contributed by atoms with E-state index in [9.17, 15) is 4.39 Å². The molecule has 0 spiro atoms. The van der Waals surface area contributed by atoms with Gasteiger partial charge in [-0.3, -0.25) is 0 Å². The van der Waals surface area contributed by atoms with Crippen LogP contribution in [0.4, 0.5) is 4.39 Å². The van der Waals surface area contributed by atoms with Crippen LogP contribution < -0.4 is 10.1 Å². The summed E-state index contributed by atoms with van der Waals surface area (Å²) < 4.78 is 18.3. The standard InChI is InChI=1S/C13H18FNO/c1-9-5-11(6-9)15-8-10-3-4-13(16-2)12(14)7-10/h3-4,7,9,11,15H,5-6,8H2,1-2H3. The van der Waals surface area contributed by atoms with Crippen LogP contribution >= 0.6 is 0 Å². The van der Waals surface area contributed by atoms with Crippen LogP contribution in [0.15, 0.2) is 18.2 Å². The van der Waals surface area contributed by atoms with Crippen molar-refractivity contribution in [3.8, 4) is 5.75 Å². The average Bonchev–Trinajstić information content (AvgIpc) is 2.23. The van der Waals surface area contributed by atoms with Crippen LogP contribution in [-0.2, 0) is 6.54 Å². The third-order valence-electron chi connectivity index (χ3n) is 3.18. The van der Waals surface area contributed by atoms with Crippen molar-refractivity contribution in [2.75, 3.05) is 7.11 Å². The van der Waals surface area contributed by atoms with E-state index in [0.717, 1.165) is 18.0 Å². The van der Waals surface area contributed by atoms with Crippen LogP contribution in [0.1, 0.15) is 25.3 Å². The summed E-state index contributed by atoms with van der Waals surface area (Å²) in [4.78, 5) is 0. The fourth-order valence-corrected chi connectivity index (χ4v) is 2.15. The van der Waals surface area contributed by atoms with E-state index >= 15 is 0 Å². The molecule has 1 aliphatic carbocycles. The Morgan fingerprint density at radius 2 is 2.19 bits per heavy atom. The van der Waals surface area contributed by atoms with Gasteiger partial charge < -0.3 is 10.1 Å². The number of halogens is 1. The number of ether oxygens (including phenoxy) is 1. The van der Waals surface area contributed by atoms with Gasteiger partial charge >= 0.3 is 0 Å². The van der Waals surface area contributed by atoms with Crippen molar-refractivity contribution in [1.29, 1.82) is 0 Å². The van der Waals surface area contributed by atoms with Gasteiger partial charge in [-0.2, -0.15) is 0 Å². The third-order valence-corrected chi connectivity index (χ3v) is 3.18. The van der Waals surface area contributed by atoms with E-state index in [1.165, 1.54) is 26.0 Å². The second-order valence-corrected chi connectivity index (χ2v) is 4.62. The summed E-state index contributed by atoms with van der Waals surface area (Å²) >= 11 is 0. The molecule has 0 saturated heterocycles. The van der Waals surface area contributed by atoms with E-state index in [2.05, 4.69) is 12.2 Å². The van der Waals surface area contributed by atoms with Gasteiger partial charge in [-0.05, 0) is 36.5 Å². The molecule has 3 heteroatoms. The lowest BCUT2D eigenvalue weighted by Gasteiger charge is -2.33. The number of methoxy groups -OCH3 is 1. The minimum absolute atomic E-state index is 0.288. The Morgan fingerprint density at radius 1 is 1.44 bits per heavy atom. The van der Waals surface area contributed by atoms with E-state index in [-0.39, 0.29) is 5.82 Å². The number of hydrogen-bond donors (Lipinski definition) is 1. The Kier molecular flexibility index (Phi) is 3.44. The minimum atomic E-state index is -0.288. The molecule has 0 atom stereocenters. The Hall–Kier alpha value is -1.09. The summed E-state index contributed by atoms with van der Waals surface area (Å²) in [6.45, 7) is 2.99. The molecule has 1 aromatic carbocycles. The Bertz CT molecular complexity index is 361. The summed E-state index contributed by atoms with van der Waals surface area (Å²) in [5.74, 6) is 0.856. The zero-order valence-electron chi connectivity index (χ0n) is 9.79. The molecule has 2 nitrogen and oxygen atoms in total. The van der Waals surface area contributed by atoms with Crippen molar-refractivity contribution >= 4 is 0 Å². The quantitative estimate of drug-likeness (QED) is 0.847. The molecule has 88 valence electrons. The maximum absolute atomic E-state index is 13.4. The molecular formula is C13H18FNO. The number of nitrogens with one attached hydrogen (secondary N) is 1. The SMILES string of the molecule is COc1ccc(CNC2CC(C)C2)cc1F. The summed E-state index contributed by atoms with van der Waals surface area (Å²) in [7, 11) is 1.48. The highest BCUT2D eigenvalue weighted by atomic mass is 19.1. The normalized spacial score (nSPS) is 23.9. The van der Waals surface area contributed by atoms with Crippen molar-refractivity contribution in [1.82, 2.24) is 5.32 Å². The lowest BCUT2D eigenvalue weighted by Crippen LogP contribution is -2.39. The largest absolute Gasteiger partial charge is 0.494 e. The van der Waals surface area contributed by atoms with Gasteiger partial charge in [0.15, 0.2) is 11.6 Å². The summed E-state index contributed by atoms with van der Waals surface area (Å²) in [6.07, 6.45) is 2.47. The van der Waals surface area contributed by atoms with Gasteiger partial charge in [0, 0.05) is 12.6 Å². The van der Waals surface area contributed by atoms with Crippen LogP contribution in [0.25, 0.3) is 0 Å². The van der Waals surface area contributed by atoms with Crippen molar-refractivity contribution in [3.05, 3.63) is 29.6 Å². The smallest absolute Gasteiger partial charge is 0.165 e. The van der Waals surface area contributed by atoms with E-state index in [1.54, 1.807) is 6.07 Å². The van der Waals surface area contributed by atoms with Crippen molar-refractivity contribution in [2.45, 2.75) is 32.4 Å². The van der Waals surface area contributed by atoms with E-state index < -0.39 is 0 Å². The highest BCUT2D eigenvalue weighted by molar-refractivity contribution is 5.29. The molecular weight excluding hydrogens is 205 g/mol. The number of benzene rings is 1. The zero-order chi connectivity index (χ0) is 11.5. The van der Waals surface area contributed by atoms with Gasteiger partial charge in [-0.15, -0.1) is 0 Å². The summed E-state index contributed by atoms with van der Waals surface area (Å²) in [5, 5.41) is 3.42. The molecule has 0 unspecified atom stereocenters. The van der Waals surface area contributed by atoms with Crippen molar-refractivity contribution in [2.24, 2.45) is 5.92 Å². The second kappa shape index (κ2) is 4.83. The predicted molar refractivity (Wildman–Crippen MR) is 62.0 cm³/mol. The molecule has 0 amide bonds. The van der Waals surface area contributed by atoms with Gasteiger partial charge in [0.1, 0.15) is 0 Å². The fourth-order valence-electron chi connectivity index (χ4n) is 2.15. The molecule has 1 fully saturated rings. The Morgan fingerprint density at radius 3 is 2.75 bits per heavy atom. The molecule has 0 aliphatic heterocycles. The number of hydrogen-bond acceptors (Lipinski definition) is 2. The van der Waals surface area contributed by atoms with Crippen molar-refractivity contribution in [3.63, 3.8) is 0 Å². The molecule has 0 radical (unpaired) electrons. The van der Waals surface area contributed by atoms with Gasteiger partial charge in [-0.25, -0.2) is 4.39 Å². The zero-order valence-corrected chi connectivity index (χ0v) is 9.79. The third kappa shape index (κ3) is 2.53. The first kappa shape index (κ1) is 11.4. The second-order valence-electron chi connectivity index (χ2n) is 4.62. The van der Waals surface area contributed by atoms with E-state index in [0.29, 0.717) is 11.8 Å². The molecule has 0 heterocycles. The first-order valence-electron chi connectivity index (χ1n) is 5.75. The first-order valence-corrected chi connectivity index (χ1v) is 5.75. The maximum atomic E-state index is 13.4. The van der Waals surface area contributed by atoms with Crippen LogP contribution in [0.5, 0.6) is 5.75 Å². The Labute approximate surface area is 95.8 Å². The highest BCUT2D eigenvalue weighted by Crippen LogP contribution is 2.26. The lowest BCUT2D eigenvalue weighted by atomic mass is 9.82. The topological polar surface area (TPSA) is 21.3 Å². The molecule has 1 aromatic rings. The fraction of sp³-hybridized carbons (Fsp3) is 0.538. The van der Waals surface area contributed by atoms with Gasteiger partial charge in [-0.1, -0.05) is 13.0 Å². The predicted octanol–water partition coefficient (Wildman–Crippen LogP) is 2.72. The van der Waals surface area contributed by atoms with E-state index in [1.807, 2.05) is 6.07 Å². The van der Waals surface area contributed by atoms with Crippen LogP contribution in [-0.4, -0.2) is 13.2 Å². The average molecular weight is 223 g/mol. The summed E-state index contributed by atoms with van der Waals surface area (Å²) in [6, 6.07) is 5.72. The van der Waals surface area contributed by atoms with Crippen LogP contribution in [0, 0.1) is 11.7 Å². The van der Waals surface area contributed by atoms with Crippen LogP contribution in [0.2, 0.25) is 0 Å². The van der Waals surface area contributed by atoms with Gasteiger partial charge in [0.05, 0.1) is 7.11 Å². The van der Waals surface area contributed by atoms with Crippen LogP contribution in [0.3, 0.4) is 0 Å². The highest BCUT2D eigenvalue weighted by Gasteiger charge is 2.24.